The van der Waals surface area contributed by atoms with Crippen LogP contribution in [0.2, 0.25) is 0 Å². The average Bonchev–Trinajstić information content (AvgIpc) is 3.11. The highest BCUT2D eigenvalue weighted by molar-refractivity contribution is 5.37. The molecule has 1 heterocycles. The van der Waals surface area contributed by atoms with Crippen LogP contribution in [-0.2, 0) is 0 Å². The molecule has 1 aromatic heterocycles. The third-order valence-corrected chi connectivity index (χ3v) is 3.74. The second-order valence-electron chi connectivity index (χ2n) is 5.42. The highest BCUT2D eigenvalue weighted by atomic mass is 16.3. The van der Waals surface area contributed by atoms with Crippen LogP contribution in [0.4, 0.5) is 5.82 Å². The van der Waals surface area contributed by atoms with Crippen molar-refractivity contribution in [2.75, 3.05) is 18.5 Å². The van der Waals surface area contributed by atoms with Crippen molar-refractivity contribution in [3.63, 3.8) is 0 Å². The van der Waals surface area contributed by atoms with Crippen LogP contribution < -0.4 is 4.90 Å². The number of aliphatic hydroxyl groups is 1. The molecule has 1 aromatic rings. The van der Waals surface area contributed by atoms with Crippen molar-refractivity contribution >= 4 is 5.82 Å². The second-order valence-corrected chi connectivity index (χ2v) is 5.42. The topological polar surface area (TPSA) is 49.2 Å². The molecule has 0 saturated heterocycles. The van der Waals surface area contributed by atoms with E-state index in [4.69, 9.17) is 0 Å². The van der Waals surface area contributed by atoms with Gasteiger partial charge in [0.25, 0.3) is 0 Å². The minimum absolute atomic E-state index is 0.0687. The van der Waals surface area contributed by atoms with Gasteiger partial charge in [-0.1, -0.05) is 0 Å². The van der Waals surface area contributed by atoms with Gasteiger partial charge in [-0.3, -0.25) is 0 Å². The Morgan fingerprint density at radius 2 is 2.18 bits per heavy atom. The maximum Gasteiger partial charge on any atom is 0.133 e. The lowest BCUT2D eigenvalue weighted by molar-refractivity contribution is 0.0464. The van der Waals surface area contributed by atoms with E-state index in [2.05, 4.69) is 21.9 Å². The van der Waals surface area contributed by atoms with E-state index in [0.717, 1.165) is 31.0 Å². The van der Waals surface area contributed by atoms with E-state index >= 15 is 0 Å². The molecule has 3 rings (SSSR count). The monoisotopic (exact) mass is 233 g/mol. The molecule has 0 aliphatic heterocycles. The fraction of sp³-hybridized carbons (Fsp3) is 0.692. The number of anilines is 1. The largest absolute Gasteiger partial charge is 0.393 e. The lowest BCUT2D eigenvalue weighted by atomic mass is 9.82. The molecule has 4 nitrogen and oxygen atoms in total. The molecule has 0 bridgehead atoms. The molecule has 4 heteroatoms. The minimum atomic E-state index is -0.0687. The summed E-state index contributed by atoms with van der Waals surface area (Å²) in [6.07, 6.45) is 6.14. The molecule has 0 radical (unpaired) electrons. The van der Waals surface area contributed by atoms with E-state index in [1.165, 1.54) is 12.8 Å². The predicted molar refractivity (Wildman–Crippen MR) is 66.0 cm³/mol. The molecule has 0 aromatic carbocycles. The van der Waals surface area contributed by atoms with Crippen LogP contribution in [-0.4, -0.2) is 34.8 Å². The van der Waals surface area contributed by atoms with Gasteiger partial charge in [0, 0.05) is 25.7 Å². The van der Waals surface area contributed by atoms with Crippen molar-refractivity contribution in [1.29, 1.82) is 0 Å². The number of hydrogen-bond acceptors (Lipinski definition) is 4. The van der Waals surface area contributed by atoms with Crippen LogP contribution in [0, 0.1) is 5.92 Å². The van der Waals surface area contributed by atoms with Crippen molar-refractivity contribution in [1.82, 2.24) is 9.97 Å². The summed E-state index contributed by atoms with van der Waals surface area (Å²) in [6.45, 7) is 0.984. The van der Waals surface area contributed by atoms with Gasteiger partial charge in [0.1, 0.15) is 11.6 Å². The van der Waals surface area contributed by atoms with Gasteiger partial charge in [-0.2, -0.15) is 0 Å². The molecule has 2 fully saturated rings. The van der Waals surface area contributed by atoms with E-state index in [9.17, 15) is 5.11 Å². The van der Waals surface area contributed by atoms with Gasteiger partial charge < -0.3 is 10.0 Å². The Hall–Kier alpha value is -1.16. The first kappa shape index (κ1) is 11.0. The van der Waals surface area contributed by atoms with Crippen LogP contribution in [0.5, 0.6) is 0 Å². The average molecular weight is 233 g/mol. The molecule has 2 aliphatic carbocycles. The Morgan fingerprint density at radius 3 is 2.82 bits per heavy atom. The zero-order valence-electron chi connectivity index (χ0n) is 10.2. The highest BCUT2D eigenvalue weighted by Crippen LogP contribution is 2.38. The number of hydrogen-bond donors (Lipinski definition) is 1. The summed E-state index contributed by atoms with van der Waals surface area (Å²) in [5.41, 5.74) is 0. The van der Waals surface area contributed by atoms with E-state index in [1.807, 2.05) is 12.3 Å². The van der Waals surface area contributed by atoms with E-state index < -0.39 is 0 Å². The molecule has 0 spiro atoms. The van der Waals surface area contributed by atoms with Crippen molar-refractivity contribution in [3.05, 3.63) is 18.1 Å². The number of aliphatic hydroxyl groups excluding tert-OH is 1. The van der Waals surface area contributed by atoms with Crippen molar-refractivity contribution < 1.29 is 5.11 Å². The maximum atomic E-state index is 9.28. The highest BCUT2D eigenvalue weighted by Gasteiger charge is 2.29. The third-order valence-electron chi connectivity index (χ3n) is 3.74. The molecule has 17 heavy (non-hydrogen) atoms. The lowest BCUT2D eigenvalue weighted by Crippen LogP contribution is -2.37. The summed E-state index contributed by atoms with van der Waals surface area (Å²) in [4.78, 5) is 11.1. The van der Waals surface area contributed by atoms with Gasteiger partial charge in [0.15, 0.2) is 0 Å². The van der Waals surface area contributed by atoms with Crippen molar-refractivity contribution in [3.8, 4) is 0 Å². The Bertz CT molecular complexity index is 399. The summed E-state index contributed by atoms with van der Waals surface area (Å²) in [6, 6.07) is 1.97. The Labute approximate surface area is 102 Å². The van der Waals surface area contributed by atoms with Gasteiger partial charge in [-0.15, -0.1) is 0 Å². The van der Waals surface area contributed by atoms with Crippen LogP contribution in [0.1, 0.15) is 37.4 Å². The maximum absolute atomic E-state index is 9.28. The zero-order chi connectivity index (χ0) is 11.8. The number of aromatic nitrogens is 2. The first-order chi connectivity index (χ1) is 8.22. The standard InChI is InChI=1S/C13H19N3O/c1-16(8-9-6-11(17)7-9)12-4-5-14-13(15-12)10-2-3-10/h4-5,9-11,17H,2-3,6-8H2,1H3. The molecule has 0 amide bonds. The van der Waals surface area contributed by atoms with Crippen LogP contribution >= 0.6 is 0 Å². The van der Waals surface area contributed by atoms with Gasteiger partial charge in [0.2, 0.25) is 0 Å². The SMILES string of the molecule is CN(CC1CC(O)C1)c1ccnc(C2CC2)n1. The molecule has 0 unspecified atom stereocenters. The summed E-state index contributed by atoms with van der Waals surface area (Å²) in [7, 11) is 2.07. The summed E-state index contributed by atoms with van der Waals surface area (Å²) < 4.78 is 0. The number of nitrogens with zero attached hydrogens (tertiary/aromatic N) is 3. The number of rotatable bonds is 4. The molecule has 2 aliphatic rings. The van der Waals surface area contributed by atoms with Gasteiger partial charge in [-0.25, -0.2) is 9.97 Å². The first-order valence-electron chi connectivity index (χ1n) is 6.44. The fourth-order valence-corrected chi connectivity index (χ4v) is 2.45. The van der Waals surface area contributed by atoms with Gasteiger partial charge in [-0.05, 0) is 37.7 Å². The molecular formula is C13H19N3O. The van der Waals surface area contributed by atoms with E-state index in [-0.39, 0.29) is 6.10 Å². The van der Waals surface area contributed by atoms with Gasteiger partial charge >= 0.3 is 0 Å². The van der Waals surface area contributed by atoms with E-state index in [1.54, 1.807) is 0 Å². The quantitative estimate of drug-likeness (QED) is 0.857. The molecule has 1 N–H and O–H groups in total. The smallest absolute Gasteiger partial charge is 0.133 e. The zero-order valence-corrected chi connectivity index (χ0v) is 10.2. The Kier molecular flexibility index (Phi) is 2.74. The Morgan fingerprint density at radius 1 is 1.41 bits per heavy atom. The molecule has 2 saturated carbocycles. The van der Waals surface area contributed by atoms with Crippen molar-refractivity contribution in [2.45, 2.75) is 37.7 Å². The van der Waals surface area contributed by atoms with Crippen LogP contribution in [0.25, 0.3) is 0 Å². The fourth-order valence-electron chi connectivity index (χ4n) is 2.45. The summed E-state index contributed by atoms with van der Waals surface area (Å²) >= 11 is 0. The summed E-state index contributed by atoms with van der Waals surface area (Å²) in [5.74, 6) is 3.24. The van der Waals surface area contributed by atoms with Crippen molar-refractivity contribution in [2.24, 2.45) is 5.92 Å². The Balaban J connectivity index is 1.63. The minimum Gasteiger partial charge on any atom is -0.393 e. The van der Waals surface area contributed by atoms with Gasteiger partial charge in [0.05, 0.1) is 6.10 Å². The second kappa shape index (κ2) is 4.26. The summed E-state index contributed by atoms with van der Waals surface area (Å²) in [5, 5.41) is 9.28. The van der Waals surface area contributed by atoms with Crippen LogP contribution in [0.15, 0.2) is 12.3 Å². The normalized spacial score (nSPS) is 27.6. The predicted octanol–water partition coefficient (Wildman–Crippen LogP) is 1.56. The molecular weight excluding hydrogens is 214 g/mol. The van der Waals surface area contributed by atoms with Crippen LogP contribution in [0.3, 0.4) is 0 Å². The first-order valence-corrected chi connectivity index (χ1v) is 6.44. The molecule has 92 valence electrons. The lowest BCUT2D eigenvalue weighted by Gasteiger charge is -2.34. The van der Waals surface area contributed by atoms with E-state index in [0.29, 0.717) is 11.8 Å². The third kappa shape index (κ3) is 2.41. The molecule has 0 atom stereocenters.